The van der Waals surface area contributed by atoms with E-state index in [1.54, 1.807) is 36.4 Å². The van der Waals surface area contributed by atoms with Crippen LogP contribution in [0.2, 0.25) is 0 Å². The molecular formula is C23H21N3O5S. The Morgan fingerprint density at radius 1 is 1.03 bits per heavy atom. The van der Waals surface area contributed by atoms with E-state index in [4.69, 9.17) is 9.47 Å². The number of amides is 2. The maximum atomic E-state index is 12.7. The summed E-state index contributed by atoms with van der Waals surface area (Å²) in [6.45, 7) is 0. The molecule has 0 atom stereocenters. The van der Waals surface area contributed by atoms with Crippen molar-refractivity contribution in [3.8, 4) is 17.2 Å². The number of hydrazone groups is 1. The van der Waals surface area contributed by atoms with Crippen molar-refractivity contribution in [2.75, 3.05) is 14.2 Å². The molecule has 0 fully saturated rings. The topological polar surface area (TPSA) is 109 Å². The monoisotopic (exact) mass is 451 g/mol. The maximum absolute atomic E-state index is 12.7. The highest BCUT2D eigenvalue weighted by Gasteiger charge is 2.15. The number of thiophene rings is 1. The fourth-order valence-corrected chi connectivity index (χ4v) is 3.33. The average Bonchev–Trinajstić information content (AvgIpc) is 3.33. The lowest BCUT2D eigenvalue weighted by Crippen LogP contribution is -2.32. The normalized spacial score (nSPS) is 11.2. The molecule has 0 aliphatic heterocycles. The second kappa shape index (κ2) is 10.8. The zero-order chi connectivity index (χ0) is 22.9. The summed E-state index contributed by atoms with van der Waals surface area (Å²) in [5.74, 6) is -0.755. The number of phenols is 1. The van der Waals surface area contributed by atoms with Gasteiger partial charge in [-0.25, -0.2) is 5.43 Å². The Balaban J connectivity index is 1.78. The van der Waals surface area contributed by atoms with Crippen molar-refractivity contribution in [2.24, 2.45) is 5.10 Å². The first-order valence-electron chi connectivity index (χ1n) is 9.41. The highest BCUT2D eigenvalue weighted by atomic mass is 32.1. The van der Waals surface area contributed by atoms with Crippen LogP contribution in [0.25, 0.3) is 6.08 Å². The van der Waals surface area contributed by atoms with Gasteiger partial charge in [0, 0.05) is 16.0 Å². The molecule has 0 saturated carbocycles. The third-order valence-corrected chi connectivity index (χ3v) is 5.06. The molecule has 1 heterocycles. The maximum Gasteiger partial charge on any atom is 0.287 e. The van der Waals surface area contributed by atoms with Crippen LogP contribution in [0.4, 0.5) is 0 Å². The molecule has 0 aliphatic rings. The van der Waals surface area contributed by atoms with Crippen LogP contribution in [0.1, 0.15) is 20.8 Å². The van der Waals surface area contributed by atoms with Gasteiger partial charge in [-0.1, -0.05) is 24.3 Å². The van der Waals surface area contributed by atoms with Gasteiger partial charge in [0.1, 0.15) is 5.70 Å². The summed E-state index contributed by atoms with van der Waals surface area (Å²) in [6, 6.07) is 15.3. The molecule has 2 aromatic carbocycles. The van der Waals surface area contributed by atoms with Crippen LogP contribution < -0.4 is 20.2 Å². The lowest BCUT2D eigenvalue weighted by atomic mass is 10.2. The lowest BCUT2D eigenvalue weighted by Gasteiger charge is -2.10. The number of benzene rings is 2. The number of phenolic OH excluding ortho intramolecular Hbond substituents is 1. The molecule has 0 unspecified atom stereocenters. The Morgan fingerprint density at radius 3 is 2.31 bits per heavy atom. The van der Waals surface area contributed by atoms with Crippen LogP contribution in [-0.2, 0) is 4.79 Å². The van der Waals surface area contributed by atoms with Gasteiger partial charge in [-0.2, -0.15) is 5.10 Å². The summed E-state index contributed by atoms with van der Waals surface area (Å²) < 4.78 is 10.2. The minimum atomic E-state index is -0.600. The minimum absolute atomic E-state index is 0.0410. The molecule has 1 aromatic heterocycles. The second-order valence-electron chi connectivity index (χ2n) is 6.37. The van der Waals surface area contributed by atoms with E-state index in [-0.39, 0.29) is 22.9 Å². The van der Waals surface area contributed by atoms with E-state index in [2.05, 4.69) is 15.8 Å². The van der Waals surface area contributed by atoms with Crippen molar-refractivity contribution in [1.29, 1.82) is 0 Å². The fraction of sp³-hybridized carbons (Fsp3) is 0.0870. The van der Waals surface area contributed by atoms with E-state index in [0.717, 1.165) is 4.88 Å². The summed E-state index contributed by atoms with van der Waals surface area (Å²) in [4.78, 5) is 26.1. The van der Waals surface area contributed by atoms with Crippen LogP contribution in [-0.4, -0.2) is 37.4 Å². The summed E-state index contributed by atoms with van der Waals surface area (Å²) in [6.07, 6.45) is 2.94. The van der Waals surface area contributed by atoms with Gasteiger partial charge in [-0.3, -0.25) is 9.59 Å². The molecule has 32 heavy (non-hydrogen) atoms. The fourth-order valence-electron chi connectivity index (χ4n) is 2.67. The molecule has 3 rings (SSSR count). The number of carbonyl (C=O) groups is 2. The molecule has 8 nitrogen and oxygen atoms in total. The van der Waals surface area contributed by atoms with Crippen LogP contribution in [0.5, 0.6) is 17.2 Å². The summed E-state index contributed by atoms with van der Waals surface area (Å²) in [5, 5.41) is 18.4. The van der Waals surface area contributed by atoms with E-state index < -0.39 is 11.8 Å². The van der Waals surface area contributed by atoms with Crippen molar-refractivity contribution in [3.63, 3.8) is 0 Å². The van der Waals surface area contributed by atoms with E-state index in [1.165, 1.54) is 43.9 Å². The summed E-state index contributed by atoms with van der Waals surface area (Å²) in [5.41, 5.74) is 3.38. The smallest absolute Gasteiger partial charge is 0.287 e. The summed E-state index contributed by atoms with van der Waals surface area (Å²) >= 11 is 1.42. The molecule has 0 bridgehead atoms. The van der Waals surface area contributed by atoms with Crippen molar-refractivity contribution in [1.82, 2.24) is 10.7 Å². The largest absolute Gasteiger partial charge is 0.502 e. The van der Waals surface area contributed by atoms with E-state index in [0.29, 0.717) is 11.1 Å². The van der Waals surface area contributed by atoms with Crippen LogP contribution in [0.15, 0.2) is 70.8 Å². The Hall–Kier alpha value is -4.11. The van der Waals surface area contributed by atoms with Gasteiger partial charge in [0.25, 0.3) is 11.8 Å². The molecule has 3 N–H and O–H groups in total. The number of ether oxygens (including phenoxy) is 2. The zero-order valence-corrected chi connectivity index (χ0v) is 18.2. The summed E-state index contributed by atoms with van der Waals surface area (Å²) in [7, 11) is 2.82. The number of rotatable bonds is 8. The Morgan fingerprint density at radius 2 is 1.72 bits per heavy atom. The molecule has 0 saturated heterocycles. The molecule has 0 aliphatic carbocycles. The van der Waals surface area contributed by atoms with E-state index >= 15 is 0 Å². The Bertz CT molecular complexity index is 1120. The number of carbonyl (C=O) groups excluding carboxylic acids is 2. The van der Waals surface area contributed by atoms with Crippen molar-refractivity contribution >= 4 is 35.4 Å². The highest BCUT2D eigenvalue weighted by Crippen LogP contribution is 2.36. The first-order chi connectivity index (χ1) is 15.5. The van der Waals surface area contributed by atoms with Gasteiger partial charge in [-0.15, -0.1) is 11.3 Å². The average molecular weight is 452 g/mol. The predicted molar refractivity (Wildman–Crippen MR) is 123 cm³/mol. The van der Waals surface area contributed by atoms with Crippen LogP contribution in [0.3, 0.4) is 0 Å². The number of nitrogens with zero attached hydrogens (tertiary/aromatic N) is 1. The quantitative estimate of drug-likeness (QED) is 0.276. The van der Waals surface area contributed by atoms with E-state index in [9.17, 15) is 14.7 Å². The molecular weight excluding hydrogens is 430 g/mol. The number of hydrogen-bond donors (Lipinski definition) is 3. The first-order valence-corrected chi connectivity index (χ1v) is 10.3. The van der Waals surface area contributed by atoms with Gasteiger partial charge < -0.3 is 19.9 Å². The minimum Gasteiger partial charge on any atom is -0.502 e. The molecule has 9 heteroatoms. The molecule has 0 spiro atoms. The van der Waals surface area contributed by atoms with Gasteiger partial charge in [0.05, 0.1) is 20.4 Å². The molecule has 0 radical (unpaired) electrons. The third-order valence-electron chi connectivity index (χ3n) is 4.24. The lowest BCUT2D eigenvalue weighted by molar-refractivity contribution is -0.117. The van der Waals surface area contributed by atoms with Crippen molar-refractivity contribution in [2.45, 2.75) is 0 Å². The van der Waals surface area contributed by atoms with Crippen LogP contribution in [0, 0.1) is 0 Å². The van der Waals surface area contributed by atoms with E-state index in [1.807, 2.05) is 17.5 Å². The number of aromatic hydroxyl groups is 1. The number of methoxy groups -OCH3 is 2. The van der Waals surface area contributed by atoms with Crippen LogP contribution >= 0.6 is 11.3 Å². The van der Waals surface area contributed by atoms with Gasteiger partial charge in [0.15, 0.2) is 11.5 Å². The molecule has 164 valence electrons. The molecule has 2 amide bonds. The predicted octanol–water partition coefficient (Wildman–Crippen LogP) is 3.39. The van der Waals surface area contributed by atoms with Gasteiger partial charge in [0.2, 0.25) is 5.75 Å². The first kappa shape index (κ1) is 22.6. The van der Waals surface area contributed by atoms with Gasteiger partial charge >= 0.3 is 0 Å². The number of nitrogens with one attached hydrogen (secondary N) is 2. The second-order valence-corrected chi connectivity index (χ2v) is 7.35. The number of hydrogen-bond acceptors (Lipinski definition) is 7. The Kier molecular flexibility index (Phi) is 7.60. The molecule has 3 aromatic rings. The van der Waals surface area contributed by atoms with Crippen molar-refractivity contribution in [3.05, 3.63) is 81.7 Å². The highest BCUT2D eigenvalue weighted by molar-refractivity contribution is 7.10. The third kappa shape index (κ3) is 5.73. The van der Waals surface area contributed by atoms with Gasteiger partial charge in [-0.05, 0) is 41.8 Å². The zero-order valence-electron chi connectivity index (χ0n) is 17.4. The standard InChI is InChI=1S/C23H21N3O5S/c1-30-19-11-15(12-20(31-2)21(19)27)14-24-26-23(29)18(13-17-9-6-10-32-17)25-22(28)16-7-4-3-5-8-16/h3-14,27H,1-2H3,(H,25,28)(H,26,29)/b18-13-,24-14-. The Labute approximate surface area is 188 Å². The SMILES string of the molecule is COc1cc(/C=N\NC(=O)/C(=C/c2cccs2)NC(=O)c2ccccc2)cc(OC)c1O. The van der Waals surface area contributed by atoms with Crippen molar-refractivity contribution < 1.29 is 24.2 Å².